The highest BCUT2D eigenvalue weighted by atomic mass is 32.1. The first-order valence-corrected chi connectivity index (χ1v) is 9.97. The van der Waals surface area contributed by atoms with E-state index in [0.29, 0.717) is 23.7 Å². The van der Waals surface area contributed by atoms with Crippen molar-refractivity contribution in [1.82, 2.24) is 15.8 Å². The predicted octanol–water partition coefficient (Wildman–Crippen LogP) is 3.59. The van der Waals surface area contributed by atoms with Crippen LogP contribution < -0.4 is 16.2 Å². The number of aryl methyl sites for hydroxylation is 1. The number of carbonyl (C=O) groups excluding carboxylic acids is 1. The third-order valence-electron chi connectivity index (χ3n) is 4.91. The second kappa shape index (κ2) is 8.18. The molecule has 1 aromatic heterocycles. The highest BCUT2D eigenvalue weighted by Gasteiger charge is 2.34. The lowest BCUT2D eigenvalue weighted by atomic mass is 9.94. The van der Waals surface area contributed by atoms with Gasteiger partial charge in [-0.1, -0.05) is 48.5 Å². The Morgan fingerprint density at radius 2 is 1.96 bits per heavy atom. The summed E-state index contributed by atoms with van der Waals surface area (Å²) in [6, 6.07) is 16.5. The number of hydrogen-bond acceptors (Lipinski definition) is 5. The number of benzene rings is 2. The molecule has 0 spiro atoms. The van der Waals surface area contributed by atoms with E-state index >= 15 is 0 Å². The average molecular weight is 396 g/mol. The second-order valence-corrected chi connectivity index (χ2v) is 7.89. The molecular formula is C21H21FN4OS. The summed E-state index contributed by atoms with van der Waals surface area (Å²) >= 11 is 1.40. The molecule has 1 fully saturated rings. The van der Waals surface area contributed by atoms with Gasteiger partial charge in [0.15, 0.2) is 5.13 Å². The maximum atomic E-state index is 13.9. The van der Waals surface area contributed by atoms with E-state index in [4.69, 9.17) is 0 Å². The normalized spacial score (nSPS) is 18.9. The number of halogens is 1. The van der Waals surface area contributed by atoms with Crippen molar-refractivity contribution in [2.75, 3.05) is 11.9 Å². The molecule has 4 rings (SSSR count). The van der Waals surface area contributed by atoms with Gasteiger partial charge in [0.2, 0.25) is 5.91 Å². The van der Waals surface area contributed by atoms with Crippen molar-refractivity contribution in [2.24, 2.45) is 5.92 Å². The van der Waals surface area contributed by atoms with Crippen molar-refractivity contribution in [3.05, 3.63) is 82.1 Å². The number of rotatable bonds is 5. The van der Waals surface area contributed by atoms with Gasteiger partial charge >= 0.3 is 0 Å². The summed E-state index contributed by atoms with van der Waals surface area (Å²) in [7, 11) is 0. The van der Waals surface area contributed by atoms with Gasteiger partial charge < -0.3 is 5.32 Å². The van der Waals surface area contributed by atoms with Gasteiger partial charge in [-0.2, -0.15) is 0 Å². The molecule has 1 aliphatic heterocycles. The molecule has 7 heteroatoms. The predicted molar refractivity (Wildman–Crippen MR) is 108 cm³/mol. The maximum Gasteiger partial charge on any atom is 0.232 e. The Morgan fingerprint density at radius 1 is 1.21 bits per heavy atom. The number of nitrogens with one attached hydrogen (secondary N) is 3. The van der Waals surface area contributed by atoms with Gasteiger partial charge in [-0.15, -0.1) is 11.3 Å². The van der Waals surface area contributed by atoms with Crippen LogP contribution in [0.5, 0.6) is 0 Å². The summed E-state index contributed by atoms with van der Waals surface area (Å²) in [4.78, 5) is 18.3. The number of anilines is 1. The molecule has 1 saturated heterocycles. The highest BCUT2D eigenvalue weighted by Crippen LogP contribution is 2.29. The molecule has 1 aliphatic rings. The van der Waals surface area contributed by atoms with E-state index in [1.54, 1.807) is 12.1 Å². The number of carbonyl (C=O) groups is 1. The van der Waals surface area contributed by atoms with Gasteiger partial charge in [-0.25, -0.2) is 14.8 Å². The molecule has 0 saturated carbocycles. The van der Waals surface area contributed by atoms with Gasteiger partial charge in [-0.3, -0.25) is 10.2 Å². The summed E-state index contributed by atoms with van der Waals surface area (Å²) in [6.07, 6.45) is 0.464. The molecule has 0 aliphatic carbocycles. The molecule has 144 valence electrons. The number of hydrogen-bond donors (Lipinski definition) is 3. The number of amides is 1. The summed E-state index contributed by atoms with van der Waals surface area (Å²) in [5.74, 6) is -0.561. The second-order valence-electron chi connectivity index (χ2n) is 6.81. The minimum absolute atomic E-state index is 0.0856. The van der Waals surface area contributed by atoms with Crippen molar-refractivity contribution in [3.63, 3.8) is 0 Å². The Bertz CT molecular complexity index is 976. The third-order valence-corrected chi connectivity index (χ3v) is 5.98. The fraction of sp³-hybridized carbons (Fsp3) is 0.238. The van der Waals surface area contributed by atoms with Gasteiger partial charge in [-0.05, 0) is 24.1 Å². The van der Waals surface area contributed by atoms with Crippen molar-refractivity contribution in [3.8, 4) is 0 Å². The van der Waals surface area contributed by atoms with Crippen LogP contribution in [-0.4, -0.2) is 17.4 Å². The lowest BCUT2D eigenvalue weighted by Crippen LogP contribution is -2.29. The molecule has 3 aromatic rings. The van der Waals surface area contributed by atoms with E-state index in [1.807, 2.05) is 43.3 Å². The van der Waals surface area contributed by atoms with E-state index < -0.39 is 0 Å². The number of nitrogens with zero attached hydrogens (tertiary/aromatic N) is 1. The minimum Gasteiger partial charge on any atom is -0.302 e. The number of aromatic nitrogens is 1. The van der Waals surface area contributed by atoms with E-state index in [-0.39, 0.29) is 23.7 Å². The van der Waals surface area contributed by atoms with E-state index in [9.17, 15) is 9.18 Å². The molecule has 3 N–H and O–H groups in total. The first-order chi connectivity index (χ1) is 13.6. The topological polar surface area (TPSA) is 66.0 Å². The molecule has 5 nitrogen and oxygen atoms in total. The molecular weight excluding hydrogens is 375 g/mol. The third kappa shape index (κ3) is 3.96. The molecule has 0 radical (unpaired) electrons. The first kappa shape index (κ1) is 18.7. The van der Waals surface area contributed by atoms with Crippen LogP contribution in [0.3, 0.4) is 0 Å². The van der Waals surface area contributed by atoms with Gasteiger partial charge in [0.1, 0.15) is 5.82 Å². The highest BCUT2D eigenvalue weighted by molar-refractivity contribution is 7.15. The van der Waals surface area contributed by atoms with Crippen LogP contribution in [0.2, 0.25) is 0 Å². The van der Waals surface area contributed by atoms with Crippen molar-refractivity contribution >= 4 is 22.4 Å². The SMILES string of the molecule is Cc1nc(NC(=O)C2CNNC2c2ccccc2)sc1Cc1ccccc1F. The summed E-state index contributed by atoms with van der Waals surface area (Å²) in [6.45, 7) is 2.42. The Hall–Kier alpha value is -2.61. The fourth-order valence-electron chi connectivity index (χ4n) is 3.38. The minimum atomic E-state index is -0.248. The molecule has 2 heterocycles. The monoisotopic (exact) mass is 396 g/mol. The van der Waals surface area contributed by atoms with Crippen LogP contribution in [0.15, 0.2) is 54.6 Å². The van der Waals surface area contributed by atoms with E-state index in [1.165, 1.54) is 17.4 Å². The zero-order valence-corrected chi connectivity index (χ0v) is 16.2. The largest absolute Gasteiger partial charge is 0.302 e. The lowest BCUT2D eigenvalue weighted by molar-refractivity contribution is -0.119. The van der Waals surface area contributed by atoms with Gasteiger partial charge in [0.25, 0.3) is 0 Å². The Kier molecular flexibility index (Phi) is 5.47. The zero-order chi connectivity index (χ0) is 19.5. The molecule has 0 bridgehead atoms. The summed E-state index contributed by atoms with van der Waals surface area (Å²) in [5, 5.41) is 3.49. The molecule has 1 amide bonds. The first-order valence-electron chi connectivity index (χ1n) is 9.15. The Labute approximate surface area is 167 Å². The number of hydrazine groups is 1. The van der Waals surface area contributed by atoms with Crippen LogP contribution in [0.4, 0.5) is 9.52 Å². The Balaban J connectivity index is 1.47. The standard InChI is InChI=1S/C21H21FN4OS/c1-13-18(11-15-9-5-6-10-17(15)22)28-21(24-13)25-20(27)16-12-23-26-19(16)14-7-3-2-4-8-14/h2-10,16,19,23,26H,11-12H2,1H3,(H,24,25,27). The van der Waals surface area contributed by atoms with Crippen molar-refractivity contribution < 1.29 is 9.18 Å². The molecule has 2 aromatic carbocycles. The average Bonchev–Trinajstić information content (AvgIpc) is 3.31. The summed E-state index contributed by atoms with van der Waals surface area (Å²) in [5.41, 5.74) is 8.74. The summed E-state index contributed by atoms with van der Waals surface area (Å²) < 4.78 is 13.9. The van der Waals surface area contributed by atoms with Gasteiger partial charge in [0.05, 0.1) is 17.7 Å². The smallest absolute Gasteiger partial charge is 0.232 e. The fourth-order valence-corrected chi connectivity index (χ4v) is 4.36. The van der Waals surface area contributed by atoms with Crippen LogP contribution in [0, 0.1) is 18.7 Å². The Morgan fingerprint density at radius 3 is 2.75 bits per heavy atom. The molecule has 2 unspecified atom stereocenters. The van der Waals surface area contributed by atoms with Crippen LogP contribution >= 0.6 is 11.3 Å². The van der Waals surface area contributed by atoms with Crippen molar-refractivity contribution in [1.29, 1.82) is 0 Å². The van der Waals surface area contributed by atoms with Crippen LogP contribution in [0.1, 0.15) is 27.7 Å². The lowest BCUT2D eigenvalue weighted by Gasteiger charge is -2.17. The quantitative estimate of drug-likeness (QED) is 0.617. The van der Waals surface area contributed by atoms with E-state index in [0.717, 1.165) is 16.1 Å². The zero-order valence-electron chi connectivity index (χ0n) is 15.4. The van der Waals surface area contributed by atoms with Gasteiger partial charge in [0, 0.05) is 17.8 Å². The molecule has 2 atom stereocenters. The van der Waals surface area contributed by atoms with E-state index in [2.05, 4.69) is 21.2 Å². The van der Waals surface area contributed by atoms with Crippen LogP contribution in [-0.2, 0) is 11.2 Å². The van der Waals surface area contributed by atoms with Crippen LogP contribution in [0.25, 0.3) is 0 Å². The maximum absolute atomic E-state index is 13.9. The number of thiazole rings is 1. The molecule has 28 heavy (non-hydrogen) atoms. The van der Waals surface area contributed by atoms with Crippen molar-refractivity contribution in [2.45, 2.75) is 19.4 Å².